The molecule has 0 saturated carbocycles. The van der Waals surface area contributed by atoms with Gasteiger partial charge in [0.2, 0.25) is 0 Å². The SMILES string of the molecule is CC(=O)C1=C2C=C(C)CC[C@H]2[C@H](C)CC1=O. The lowest BCUT2D eigenvalue weighted by Gasteiger charge is -2.34. The van der Waals surface area contributed by atoms with E-state index in [1.165, 1.54) is 12.5 Å². The molecule has 0 N–H and O–H groups in total. The Morgan fingerprint density at radius 3 is 2.75 bits per heavy atom. The smallest absolute Gasteiger partial charge is 0.167 e. The van der Waals surface area contributed by atoms with Gasteiger partial charge in [0, 0.05) is 6.42 Å². The Morgan fingerprint density at radius 1 is 1.44 bits per heavy atom. The van der Waals surface area contributed by atoms with Crippen LogP contribution in [0, 0.1) is 11.8 Å². The number of hydrogen-bond acceptors (Lipinski definition) is 2. The Morgan fingerprint density at radius 2 is 2.12 bits per heavy atom. The summed E-state index contributed by atoms with van der Waals surface area (Å²) in [5.41, 5.74) is 2.77. The summed E-state index contributed by atoms with van der Waals surface area (Å²) in [4.78, 5) is 23.5. The second-order valence-electron chi connectivity index (χ2n) is 5.13. The van der Waals surface area contributed by atoms with Gasteiger partial charge in [0.25, 0.3) is 0 Å². The number of hydrogen-bond donors (Lipinski definition) is 0. The van der Waals surface area contributed by atoms with E-state index in [0.717, 1.165) is 18.4 Å². The van der Waals surface area contributed by atoms with E-state index in [1.54, 1.807) is 0 Å². The van der Waals surface area contributed by atoms with E-state index in [0.29, 0.717) is 23.8 Å². The number of allylic oxidation sites excluding steroid dienone is 4. The Bertz CT molecular complexity index is 412. The number of Topliss-reactive ketones (excluding diaryl/α,β-unsaturated/α-hetero) is 2. The van der Waals surface area contributed by atoms with Gasteiger partial charge in [-0.05, 0) is 44.1 Å². The molecular weight excluding hydrogens is 200 g/mol. The van der Waals surface area contributed by atoms with Gasteiger partial charge in [0.05, 0.1) is 5.57 Å². The highest BCUT2D eigenvalue weighted by atomic mass is 16.1. The standard InChI is InChI=1S/C14H18O2/c1-8-4-5-11-9(2)7-13(16)14(10(3)15)12(11)6-8/h6,9,11H,4-5,7H2,1-3H3/t9-,11+/m1/s1. The molecule has 0 saturated heterocycles. The summed E-state index contributed by atoms with van der Waals surface area (Å²) in [7, 11) is 0. The Hall–Kier alpha value is -1.18. The maximum atomic E-state index is 11.9. The summed E-state index contributed by atoms with van der Waals surface area (Å²) in [6.07, 6.45) is 4.79. The first kappa shape index (κ1) is 11.3. The molecule has 0 aromatic carbocycles. The summed E-state index contributed by atoms with van der Waals surface area (Å²) in [6.45, 7) is 5.70. The van der Waals surface area contributed by atoms with Crippen LogP contribution in [0.1, 0.15) is 40.0 Å². The van der Waals surface area contributed by atoms with Crippen molar-refractivity contribution >= 4 is 11.6 Å². The molecule has 0 heterocycles. The average molecular weight is 218 g/mol. The fraction of sp³-hybridized carbons (Fsp3) is 0.571. The molecule has 2 aliphatic carbocycles. The van der Waals surface area contributed by atoms with E-state index >= 15 is 0 Å². The fourth-order valence-corrected chi connectivity index (χ4v) is 2.93. The minimum atomic E-state index is -0.0668. The predicted octanol–water partition coefficient (Wildman–Crippen LogP) is 2.84. The van der Waals surface area contributed by atoms with Crippen LogP contribution in [-0.4, -0.2) is 11.6 Å². The molecule has 0 amide bonds. The molecule has 0 unspecified atom stereocenters. The third kappa shape index (κ3) is 1.77. The molecule has 2 atom stereocenters. The van der Waals surface area contributed by atoms with Crippen molar-refractivity contribution in [1.82, 2.24) is 0 Å². The van der Waals surface area contributed by atoms with Gasteiger partial charge in [-0.3, -0.25) is 9.59 Å². The molecule has 0 radical (unpaired) electrons. The van der Waals surface area contributed by atoms with Crippen molar-refractivity contribution in [3.63, 3.8) is 0 Å². The molecule has 2 heteroatoms. The molecule has 0 bridgehead atoms. The van der Waals surface area contributed by atoms with Crippen LogP contribution in [0.4, 0.5) is 0 Å². The van der Waals surface area contributed by atoms with Gasteiger partial charge in [0.15, 0.2) is 11.6 Å². The van der Waals surface area contributed by atoms with Gasteiger partial charge in [-0.25, -0.2) is 0 Å². The van der Waals surface area contributed by atoms with Crippen molar-refractivity contribution in [2.24, 2.45) is 11.8 Å². The van der Waals surface area contributed by atoms with Crippen molar-refractivity contribution in [3.05, 3.63) is 22.8 Å². The second-order valence-corrected chi connectivity index (χ2v) is 5.13. The van der Waals surface area contributed by atoms with E-state index < -0.39 is 0 Å². The summed E-state index contributed by atoms with van der Waals surface area (Å²) >= 11 is 0. The van der Waals surface area contributed by atoms with Crippen molar-refractivity contribution < 1.29 is 9.59 Å². The number of carbonyl (C=O) groups excluding carboxylic acids is 2. The van der Waals surface area contributed by atoms with Crippen molar-refractivity contribution in [2.75, 3.05) is 0 Å². The van der Waals surface area contributed by atoms with Gasteiger partial charge >= 0.3 is 0 Å². The monoisotopic (exact) mass is 218 g/mol. The van der Waals surface area contributed by atoms with E-state index in [2.05, 4.69) is 19.9 Å². The van der Waals surface area contributed by atoms with Crippen LogP contribution in [-0.2, 0) is 9.59 Å². The largest absolute Gasteiger partial charge is 0.294 e. The molecule has 2 rings (SSSR count). The van der Waals surface area contributed by atoms with E-state index in [1.807, 2.05) is 0 Å². The van der Waals surface area contributed by atoms with Gasteiger partial charge in [-0.15, -0.1) is 0 Å². The van der Waals surface area contributed by atoms with Crippen LogP contribution >= 0.6 is 0 Å². The fourth-order valence-electron chi connectivity index (χ4n) is 2.93. The summed E-state index contributed by atoms with van der Waals surface area (Å²) in [5, 5.41) is 0. The van der Waals surface area contributed by atoms with Gasteiger partial charge in [-0.1, -0.05) is 18.6 Å². The zero-order valence-electron chi connectivity index (χ0n) is 10.2. The topological polar surface area (TPSA) is 34.1 Å². The molecular formula is C14H18O2. The van der Waals surface area contributed by atoms with E-state index in [-0.39, 0.29) is 11.6 Å². The molecule has 2 aliphatic rings. The minimum Gasteiger partial charge on any atom is -0.294 e. The number of fused-ring (bicyclic) bond motifs is 1. The molecule has 2 nitrogen and oxygen atoms in total. The highest BCUT2D eigenvalue weighted by molar-refractivity contribution is 6.20. The van der Waals surface area contributed by atoms with Crippen molar-refractivity contribution in [1.29, 1.82) is 0 Å². The Labute approximate surface area is 96.4 Å². The van der Waals surface area contributed by atoms with Crippen molar-refractivity contribution in [2.45, 2.75) is 40.0 Å². The van der Waals surface area contributed by atoms with Gasteiger partial charge in [-0.2, -0.15) is 0 Å². The van der Waals surface area contributed by atoms with E-state index in [9.17, 15) is 9.59 Å². The molecule has 0 aliphatic heterocycles. The first-order chi connectivity index (χ1) is 7.50. The number of carbonyl (C=O) groups is 2. The quantitative estimate of drug-likeness (QED) is 0.634. The normalized spacial score (nSPS) is 29.9. The summed E-state index contributed by atoms with van der Waals surface area (Å²) < 4.78 is 0. The molecule has 0 spiro atoms. The maximum Gasteiger partial charge on any atom is 0.167 e. The van der Waals surface area contributed by atoms with Crippen molar-refractivity contribution in [3.8, 4) is 0 Å². The van der Waals surface area contributed by atoms with Gasteiger partial charge < -0.3 is 0 Å². The maximum absolute atomic E-state index is 11.9. The first-order valence-electron chi connectivity index (χ1n) is 5.96. The van der Waals surface area contributed by atoms with E-state index in [4.69, 9.17) is 0 Å². The molecule has 16 heavy (non-hydrogen) atoms. The van der Waals surface area contributed by atoms with Crippen LogP contribution in [0.2, 0.25) is 0 Å². The van der Waals surface area contributed by atoms with Crippen LogP contribution in [0.5, 0.6) is 0 Å². The summed E-state index contributed by atoms with van der Waals surface area (Å²) in [5.74, 6) is 0.773. The second kappa shape index (κ2) is 4.00. The Balaban J connectivity index is 2.56. The number of ketones is 2. The van der Waals surface area contributed by atoms with Crippen LogP contribution in [0.3, 0.4) is 0 Å². The molecule has 0 fully saturated rings. The average Bonchev–Trinajstić information content (AvgIpc) is 2.15. The third-order valence-electron chi connectivity index (χ3n) is 3.76. The lowest BCUT2D eigenvalue weighted by atomic mass is 9.69. The third-order valence-corrected chi connectivity index (χ3v) is 3.76. The predicted molar refractivity (Wildman–Crippen MR) is 63.0 cm³/mol. The van der Waals surface area contributed by atoms with Crippen LogP contribution < -0.4 is 0 Å². The Kier molecular flexibility index (Phi) is 2.83. The minimum absolute atomic E-state index is 0.0391. The molecule has 0 aromatic rings. The molecule has 86 valence electrons. The van der Waals surface area contributed by atoms with Crippen LogP contribution in [0.25, 0.3) is 0 Å². The lowest BCUT2D eigenvalue weighted by Crippen LogP contribution is -2.30. The molecule has 0 aromatic heterocycles. The zero-order chi connectivity index (χ0) is 11.9. The lowest BCUT2D eigenvalue weighted by molar-refractivity contribution is -0.121. The highest BCUT2D eigenvalue weighted by Crippen LogP contribution is 2.40. The summed E-state index contributed by atoms with van der Waals surface area (Å²) in [6, 6.07) is 0. The first-order valence-corrected chi connectivity index (χ1v) is 5.96. The number of rotatable bonds is 1. The zero-order valence-corrected chi connectivity index (χ0v) is 10.2. The van der Waals surface area contributed by atoms with Crippen LogP contribution in [0.15, 0.2) is 22.8 Å². The van der Waals surface area contributed by atoms with Gasteiger partial charge in [0.1, 0.15) is 0 Å². The highest BCUT2D eigenvalue weighted by Gasteiger charge is 2.35.